The first kappa shape index (κ1) is 19.0. The summed E-state index contributed by atoms with van der Waals surface area (Å²) in [5, 5.41) is 16.9. The second kappa shape index (κ2) is 8.17. The van der Waals surface area contributed by atoms with E-state index in [0.29, 0.717) is 36.3 Å². The van der Waals surface area contributed by atoms with Gasteiger partial charge in [-0.05, 0) is 48.7 Å². The number of aliphatic imine (C=N–C) groups is 1. The quantitative estimate of drug-likeness (QED) is 0.349. The van der Waals surface area contributed by atoms with Crippen LogP contribution < -0.4 is 5.48 Å². The van der Waals surface area contributed by atoms with Crippen molar-refractivity contribution in [3.05, 3.63) is 41.0 Å². The monoisotopic (exact) mass is 369 g/mol. The summed E-state index contributed by atoms with van der Waals surface area (Å²) in [5.41, 5.74) is 3.57. The fourth-order valence-corrected chi connectivity index (χ4v) is 2.61. The molecular formula is C15H20FN5O3S. The lowest BCUT2D eigenvalue weighted by atomic mass is 10.2. The van der Waals surface area contributed by atoms with Gasteiger partial charge in [-0.25, -0.2) is 18.4 Å². The Balaban J connectivity index is 2.18. The van der Waals surface area contributed by atoms with Crippen LogP contribution in [0.4, 0.5) is 10.1 Å². The molecule has 25 heavy (non-hydrogen) atoms. The van der Waals surface area contributed by atoms with Gasteiger partial charge in [0.15, 0.2) is 11.5 Å². The zero-order valence-electron chi connectivity index (χ0n) is 14.2. The molecule has 0 radical (unpaired) electrons. The second-order valence-corrected chi connectivity index (χ2v) is 8.32. The van der Waals surface area contributed by atoms with E-state index in [2.05, 4.69) is 19.7 Å². The van der Waals surface area contributed by atoms with Crippen LogP contribution in [-0.2, 0) is 16.1 Å². The van der Waals surface area contributed by atoms with Crippen LogP contribution in [0, 0.1) is 12.7 Å². The summed E-state index contributed by atoms with van der Waals surface area (Å²) in [6.07, 6.45) is 4.19. The minimum absolute atomic E-state index is 0.0361. The van der Waals surface area contributed by atoms with Crippen LogP contribution in [0.25, 0.3) is 0 Å². The number of amidine groups is 1. The number of nitrogens with one attached hydrogen (secondary N) is 1. The van der Waals surface area contributed by atoms with Crippen molar-refractivity contribution < 1.29 is 18.4 Å². The van der Waals surface area contributed by atoms with Crippen molar-refractivity contribution in [2.75, 3.05) is 19.1 Å². The van der Waals surface area contributed by atoms with E-state index in [9.17, 15) is 13.8 Å². The third kappa shape index (κ3) is 5.61. The SMILES string of the molecule is Cc1cc(N=C(NO)c2nonc2CCCN=S(C)(C)=O)ccc1F. The number of benzene rings is 1. The maximum Gasteiger partial charge on any atom is 0.181 e. The van der Waals surface area contributed by atoms with E-state index in [0.717, 1.165) is 0 Å². The van der Waals surface area contributed by atoms with Gasteiger partial charge >= 0.3 is 0 Å². The lowest BCUT2D eigenvalue weighted by molar-refractivity contribution is 0.234. The molecule has 0 bridgehead atoms. The number of hydrogen-bond acceptors (Lipinski definition) is 7. The molecule has 0 saturated carbocycles. The molecule has 1 heterocycles. The highest BCUT2D eigenvalue weighted by molar-refractivity contribution is 7.92. The minimum atomic E-state index is -2.14. The Morgan fingerprint density at radius 2 is 2.16 bits per heavy atom. The van der Waals surface area contributed by atoms with Gasteiger partial charge in [-0.3, -0.25) is 14.9 Å². The summed E-state index contributed by atoms with van der Waals surface area (Å²) < 4.78 is 33.6. The highest BCUT2D eigenvalue weighted by Crippen LogP contribution is 2.18. The summed E-state index contributed by atoms with van der Waals surface area (Å²) in [6.45, 7) is 2.03. The summed E-state index contributed by atoms with van der Waals surface area (Å²) in [7, 11) is -2.14. The van der Waals surface area contributed by atoms with Crippen LogP contribution in [0.5, 0.6) is 0 Å². The number of nitrogens with zero attached hydrogens (tertiary/aromatic N) is 4. The molecule has 2 N–H and O–H groups in total. The Bertz CT molecular complexity index is 879. The summed E-state index contributed by atoms with van der Waals surface area (Å²) in [5.74, 6) is -0.303. The highest BCUT2D eigenvalue weighted by atomic mass is 32.2. The normalized spacial score (nSPS) is 12.3. The predicted molar refractivity (Wildman–Crippen MR) is 92.2 cm³/mol. The first-order valence-electron chi connectivity index (χ1n) is 7.50. The lowest BCUT2D eigenvalue weighted by Crippen LogP contribution is -2.22. The Kier molecular flexibility index (Phi) is 6.21. The molecular weight excluding hydrogens is 349 g/mol. The molecule has 136 valence electrons. The fourth-order valence-electron chi connectivity index (χ4n) is 2.04. The molecule has 0 fully saturated rings. The van der Waals surface area contributed by atoms with E-state index in [1.807, 2.05) is 5.48 Å². The topological polar surface area (TPSA) is 113 Å². The van der Waals surface area contributed by atoms with Crippen molar-refractivity contribution in [1.82, 2.24) is 15.8 Å². The Morgan fingerprint density at radius 1 is 1.40 bits per heavy atom. The lowest BCUT2D eigenvalue weighted by Gasteiger charge is -2.04. The third-order valence-electron chi connectivity index (χ3n) is 3.24. The first-order valence-corrected chi connectivity index (χ1v) is 9.83. The molecule has 2 aromatic rings. The summed E-state index contributed by atoms with van der Waals surface area (Å²) in [6, 6.07) is 4.31. The zero-order chi connectivity index (χ0) is 18.4. The Morgan fingerprint density at radius 3 is 2.80 bits per heavy atom. The predicted octanol–water partition coefficient (Wildman–Crippen LogP) is 2.23. The number of hydrogen-bond donors (Lipinski definition) is 2. The number of hydroxylamine groups is 1. The molecule has 0 unspecified atom stereocenters. The largest absolute Gasteiger partial charge is 0.290 e. The van der Waals surface area contributed by atoms with Crippen LogP contribution in [0.2, 0.25) is 0 Å². The molecule has 0 aliphatic carbocycles. The molecule has 1 aromatic carbocycles. The average Bonchev–Trinajstić information content (AvgIpc) is 3.00. The fraction of sp³-hybridized carbons (Fsp3) is 0.400. The van der Waals surface area contributed by atoms with Crippen molar-refractivity contribution in [3.63, 3.8) is 0 Å². The molecule has 10 heteroatoms. The van der Waals surface area contributed by atoms with E-state index in [4.69, 9.17) is 4.63 Å². The molecule has 2 rings (SSSR count). The van der Waals surface area contributed by atoms with Crippen LogP contribution in [-0.4, -0.2) is 44.6 Å². The molecule has 0 aliphatic heterocycles. The van der Waals surface area contributed by atoms with Gasteiger partial charge in [-0.2, -0.15) is 0 Å². The minimum Gasteiger partial charge on any atom is -0.290 e. The standard InChI is InChI=1S/C15H20FN5O3S/c1-10-9-11(6-7-12(10)16)18-15(19-22)14-13(20-24-21-14)5-4-8-17-25(2,3)23/h6-7,9,22H,4-5,8H2,1-3H3,(H,18,19). The third-order valence-corrected chi connectivity index (χ3v) is 4.05. The maximum absolute atomic E-state index is 13.3. The molecule has 0 aliphatic rings. The molecule has 0 spiro atoms. The van der Waals surface area contributed by atoms with E-state index in [-0.39, 0.29) is 17.3 Å². The van der Waals surface area contributed by atoms with Crippen LogP contribution in [0.3, 0.4) is 0 Å². The number of aromatic nitrogens is 2. The summed E-state index contributed by atoms with van der Waals surface area (Å²) >= 11 is 0. The average molecular weight is 369 g/mol. The maximum atomic E-state index is 13.3. The van der Waals surface area contributed by atoms with Crippen LogP contribution in [0.15, 0.2) is 32.2 Å². The van der Waals surface area contributed by atoms with Crippen LogP contribution in [0.1, 0.15) is 23.4 Å². The van der Waals surface area contributed by atoms with Gasteiger partial charge in [0.2, 0.25) is 0 Å². The van der Waals surface area contributed by atoms with Gasteiger partial charge in [0.05, 0.1) is 5.69 Å². The number of aryl methyl sites for hydroxylation is 2. The van der Waals surface area contributed by atoms with Crippen molar-refractivity contribution in [2.24, 2.45) is 9.36 Å². The van der Waals surface area contributed by atoms with E-state index in [1.165, 1.54) is 18.2 Å². The van der Waals surface area contributed by atoms with Gasteiger partial charge in [0.1, 0.15) is 11.5 Å². The number of rotatable bonds is 6. The van der Waals surface area contributed by atoms with Gasteiger partial charge in [0.25, 0.3) is 0 Å². The van der Waals surface area contributed by atoms with Crippen molar-refractivity contribution in [2.45, 2.75) is 19.8 Å². The molecule has 0 amide bonds. The Hall–Kier alpha value is -2.33. The van der Waals surface area contributed by atoms with Crippen molar-refractivity contribution in [1.29, 1.82) is 0 Å². The van der Waals surface area contributed by atoms with Gasteiger partial charge in [0, 0.05) is 28.8 Å². The Labute approximate surface area is 145 Å². The van der Waals surface area contributed by atoms with E-state index < -0.39 is 9.73 Å². The van der Waals surface area contributed by atoms with Gasteiger partial charge in [-0.1, -0.05) is 5.16 Å². The number of halogens is 1. The highest BCUT2D eigenvalue weighted by Gasteiger charge is 2.16. The first-order chi connectivity index (χ1) is 11.8. The van der Waals surface area contributed by atoms with Crippen LogP contribution >= 0.6 is 0 Å². The van der Waals surface area contributed by atoms with E-state index in [1.54, 1.807) is 19.4 Å². The van der Waals surface area contributed by atoms with Gasteiger partial charge in [-0.15, -0.1) is 0 Å². The summed E-state index contributed by atoms with van der Waals surface area (Å²) in [4.78, 5) is 4.21. The van der Waals surface area contributed by atoms with Crippen molar-refractivity contribution >= 4 is 21.3 Å². The molecule has 8 nitrogen and oxygen atoms in total. The molecule has 0 saturated heterocycles. The van der Waals surface area contributed by atoms with Gasteiger partial charge < -0.3 is 0 Å². The zero-order valence-corrected chi connectivity index (χ0v) is 15.0. The van der Waals surface area contributed by atoms with Crippen molar-refractivity contribution in [3.8, 4) is 0 Å². The second-order valence-electron chi connectivity index (χ2n) is 5.70. The molecule has 1 aromatic heterocycles. The smallest absolute Gasteiger partial charge is 0.181 e. The molecule has 0 atom stereocenters. The van der Waals surface area contributed by atoms with E-state index >= 15 is 0 Å².